The Bertz CT molecular complexity index is 711. The zero-order valence-corrected chi connectivity index (χ0v) is 12.0. The SMILES string of the molecule is CCCc1nnc(-c2cc3ccccc3n2CCC)o1. The molecule has 4 heteroatoms. The van der Waals surface area contributed by atoms with Crippen molar-refractivity contribution in [2.45, 2.75) is 39.7 Å². The molecule has 0 unspecified atom stereocenters. The largest absolute Gasteiger partial charge is 0.419 e. The normalized spacial score (nSPS) is 11.3. The number of para-hydroxylation sites is 1. The van der Waals surface area contributed by atoms with Crippen LogP contribution in [0.2, 0.25) is 0 Å². The van der Waals surface area contributed by atoms with E-state index in [1.54, 1.807) is 0 Å². The number of rotatable bonds is 5. The first-order chi connectivity index (χ1) is 9.83. The van der Waals surface area contributed by atoms with Crippen molar-refractivity contribution in [3.63, 3.8) is 0 Å². The van der Waals surface area contributed by atoms with E-state index < -0.39 is 0 Å². The number of benzene rings is 1. The van der Waals surface area contributed by atoms with E-state index >= 15 is 0 Å². The van der Waals surface area contributed by atoms with E-state index in [9.17, 15) is 0 Å². The minimum absolute atomic E-state index is 0.623. The van der Waals surface area contributed by atoms with Gasteiger partial charge < -0.3 is 8.98 Å². The molecule has 2 aromatic heterocycles. The Hall–Kier alpha value is -2.10. The molecule has 0 aliphatic heterocycles. The van der Waals surface area contributed by atoms with Crippen molar-refractivity contribution in [3.8, 4) is 11.6 Å². The van der Waals surface area contributed by atoms with Gasteiger partial charge in [0.25, 0.3) is 5.89 Å². The van der Waals surface area contributed by atoms with Crippen molar-refractivity contribution >= 4 is 10.9 Å². The Labute approximate surface area is 118 Å². The van der Waals surface area contributed by atoms with Gasteiger partial charge in [-0.3, -0.25) is 0 Å². The van der Waals surface area contributed by atoms with Crippen molar-refractivity contribution in [1.29, 1.82) is 0 Å². The van der Waals surface area contributed by atoms with Crippen LogP contribution in [0.15, 0.2) is 34.7 Å². The lowest BCUT2D eigenvalue weighted by molar-refractivity contribution is 0.497. The molecule has 0 radical (unpaired) electrons. The molecule has 0 aliphatic carbocycles. The molecule has 0 spiro atoms. The van der Waals surface area contributed by atoms with Gasteiger partial charge in [0, 0.05) is 23.9 Å². The van der Waals surface area contributed by atoms with Crippen LogP contribution in [0.5, 0.6) is 0 Å². The fraction of sp³-hybridized carbons (Fsp3) is 0.375. The molecule has 3 aromatic rings. The van der Waals surface area contributed by atoms with Gasteiger partial charge >= 0.3 is 0 Å². The van der Waals surface area contributed by atoms with Crippen molar-refractivity contribution in [1.82, 2.24) is 14.8 Å². The minimum Gasteiger partial charge on any atom is -0.419 e. The van der Waals surface area contributed by atoms with Gasteiger partial charge in [0.2, 0.25) is 5.89 Å². The first-order valence-electron chi connectivity index (χ1n) is 7.24. The molecule has 4 nitrogen and oxygen atoms in total. The van der Waals surface area contributed by atoms with E-state index in [4.69, 9.17) is 4.42 Å². The molecule has 1 aromatic carbocycles. The number of nitrogens with zero attached hydrogens (tertiary/aromatic N) is 3. The van der Waals surface area contributed by atoms with Gasteiger partial charge in [-0.2, -0.15) is 0 Å². The molecule has 0 saturated carbocycles. The van der Waals surface area contributed by atoms with E-state index in [2.05, 4.69) is 58.9 Å². The second-order valence-electron chi connectivity index (χ2n) is 4.99. The van der Waals surface area contributed by atoms with E-state index in [0.717, 1.165) is 37.4 Å². The molecular formula is C16H19N3O. The Morgan fingerprint density at radius 1 is 1.10 bits per heavy atom. The van der Waals surface area contributed by atoms with Crippen LogP contribution in [-0.4, -0.2) is 14.8 Å². The van der Waals surface area contributed by atoms with Crippen LogP contribution in [0.4, 0.5) is 0 Å². The third-order valence-corrected chi connectivity index (χ3v) is 3.41. The summed E-state index contributed by atoms with van der Waals surface area (Å²) in [6.45, 7) is 5.24. The number of aromatic nitrogens is 3. The van der Waals surface area contributed by atoms with Gasteiger partial charge in [-0.1, -0.05) is 32.0 Å². The molecule has 2 heterocycles. The van der Waals surface area contributed by atoms with Gasteiger partial charge in [0.1, 0.15) is 5.69 Å². The highest BCUT2D eigenvalue weighted by atomic mass is 16.4. The third-order valence-electron chi connectivity index (χ3n) is 3.41. The van der Waals surface area contributed by atoms with Gasteiger partial charge in [0.15, 0.2) is 0 Å². The molecule has 104 valence electrons. The van der Waals surface area contributed by atoms with Gasteiger partial charge in [0.05, 0.1) is 0 Å². The zero-order chi connectivity index (χ0) is 13.9. The smallest absolute Gasteiger partial charge is 0.264 e. The van der Waals surface area contributed by atoms with Crippen LogP contribution >= 0.6 is 0 Å². The maximum absolute atomic E-state index is 5.78. The van der Waals surface area contributed by atoms with E-state index in [-0.39, 0.29) is 0 Å². The van der Waals surface area contributed by atoms with Crippen LogP contribution in [0, 0.1) is 0 Å². The van der Waals surface area contributed by atoms with E-state index in [1.165, 1.54) is 10.9 Å². The summed E-state index contributed by atoms with van der Waals surface area (Å²) in [5.41, 5.74) is 2.24. The first-order valence-corrected chi connectivity index (χ1v) is 7.24. The monoisotopic (exact) mass is 269 g/mol. The Kier molecular flexibility index (Phi) is 3.54. The predicted molar refractivity (Wildman–Crippen MR) is 79.5 cm³/mol. The second-order valence-corrected chi connectivity index (χ2v) is 4.99. The summed E-state index contributed by atoms with van der Waals surface area (Å²) >= 11 is 0. The molecule has 0 fully saturated rings. The predicted octanol–water partition coefficient (Wildman–Crippen LogP) is 4.05. The van der Waals surface area contributed by atoms with Crippen LogP contribution in [0.3, 0.4) is 0 Å². The fourth-order valence-electron chi connectivity index (χ4n) is 2.52. The summed E-state index contributed by atoms with van der Waals surface area (Å²) in [4.78, 5) is 0. The lowest BCUT2D eigenvalue weighted by Gasteiger charge is -2.06. The Morgan fingerprint density at radius 2 is 1.95 bits per heavy atom. The maximum Gasteiger partial charge on any atom is 0.264 e. The summed E-state index contributed by atoms with van der Waals surface area (Å²) in [6, 6.07) is 10.5. The van der Waals surface area contributed by atoms with Crippen molar-refractivity contribution < 1.29 is 4.42 Å². The van der Waals surface area contributed by atoms with Crippen LogP contribution < -0.4 is 0 Å². The summed E-state index contributed by atoms with van der Waals surface area (Å²) < 4.78 is 8.05. The lowest BCUT2D eigenvalue weighted by Crippen LogP contribution is -1.98. The molecule has 0 saturated heterocycles. The molecule has 0 amide bonds. The lowest BCUT2D eigenvalue weighted by atomic mass is 10.2. The summed E-state index contributed by atoms with van der Waals surface area (Å²) in [7, 11) is 0. The highest BCUT2D eigenvalue weighted by molar-refractivity contribution is 5.85. The summed E-state index contributed by atoms with van der Waals surface area (Å²) in [6.07, 6.45) is 2.92. The average molecular weight is 269 g/mol. The number of hydrogen-bond donors (Lipinski definition) is 0. The first kappa shape index (κ1) is 12.9. The van der Waals surface area contributed by atoms with E-state index in [1.807, 2.05) is 0 Å². The quantitative estimate of drug-likeness (QED) is 0.701. The van der Waals surface area contributed by atoms with Gasteiger partial charge in [-0.15, -0.1) is 10.2 Å². The zero-order valence-electron chi connectivity index (χ0n) is 12.0. The summed E-state index contributed by atoms with van der Waals surface area (Å²) in [5.74, 6) is 1.34. The molecular weight excluding hydrogens is 250 g/mol. The topological polar surface area (TPSA) is 43.9 Å². The average Bonchev–Trinajstić information content (AvgIpc) is 3.05. The van der Waals surface area contributed by atoms with Crippen LogP contribution in [-0.2, 0) is 13.0 Å². The number of hydrogen-bond acceptors (Lipinski definition) is 3. The van der Waals surface area contributed by atoms with Crippen LogP contribution in [0.25, 0.3) is 22.5 Å². The standard InChI is InChI=1S/C16H19N3O/c1-3-7-15-17-18-16(20-15)14-11-12-8-5-6-9-13(12)19(14)10-4-2/h5-6,8-9,11H,3-4,7,10H2,1-2H3. The molecule has 20 heavy (non-hydrogen) atoms. The minimum atomic E-state index is 0.623. The van der Waals surface area contributed by atoms with E-state index in [0.29, 0.717) is 5.89 Å². The second kappa shape index (κ2) is 5.49. The molecule has 0 aliphatic rings. The van der Waals surface area contributed by atoms with Gasteiger partial charge in [-0.25, -0.2) is 0 Å². The maximum atomic E-state index is 5.78. The van der Waals surface area contributed by atoms with Crippen molar-refractivity contribution in [3.05, 3.63) is 36.2 Å². The fourth-order valence-corrected chi connectivity index (χ4v) is 2.52. The Balaban J connectivity index is 2.11. The Morgan fingerprint density at radius 3 is 2.75 bits per heavy atom. The highest BCUT2D eigenvalue weighted by Gasteiger charge is 2.15. The molecule has 3 rings (SSSR count). The summed E-state index contributed by atoms with van der Waals surface area (Å²) in [5, 5.41) is 9.54. The van der Waals surface area contributed by atoms with Gasteiger partial charge in [-0.05, 0) is 25.0 Å². The van der Waals surface area contributed by atoms with Crippen LogP contribution in [0.1, 0.15) is 32.6 Å². The highest BCUT2D eigenvalue weighted by Crippen LogP contribution is 2.27. The van der Waals surface area contributed by atoms with Crippen molar-refractivity contribution in [2.75, 3.05) is 0 Å². The van der Waals surface area contributed by atoms with Crippen molar-refractivity contribution in [2.24, 2.45) is 0 Å². The third kappa shape index (κ3) is 2.22. The number of fused-ring (bicyclic) bond motifs is 1. The molecule has 0 bridgehead atoms. The number of aryl methyl sites for hydroxylation is 2. The molecule has 0 atom stereocenters. The molecule has 0 N–H and O–H groups in total.